The zero-order chi connectivity index (χ0) is 25.9. The minimum atomic E-state index is -0.514. The van der Waals surface area contributed by atoms with Crippen molar-refractivity contribution >= 4 is 17.8 Å². The van der Waals surface area contributed by atoms with Crippen LogP contribution in [0.2, 0.25) is 0 Å². The third kappa shape index (κ3) is 7.26. The maximum Gasteiger partial charge on any atom is 0.226 e. The number of allylic oxidation sites excluding steroid dienone is 2. The molecule has 0 aromatic heterocycles. The van der Waals surface area contributed by atoms with E-state index >= 15 is 0 Å². The molecule has 190 valence electrons. The van der Waals surface area contributed by atoms with Gasteiger partial charge in [-0.25, -0.2) is 9.38 Å². The molecule has 1 amide bonds. The van der Waals surface area contributed by atoms with Gasteiger partial charge in [0.05, 0.1) is 12.1 Å². The molecule has 9 heteroatoms. The number of alkyl halides is 1. The second-order valence-corrected chi connectivity index (χ2v) is 8.49. The van der Waals surface area contributed by atoms with Crippen LogP contribution in [0, 0.1) is 5.92 Å². The summed E-state index contributed by atoms with van der Waals surface area (Å²) in [6.07, 6.45) is 7.10. The number of aliphatic imine (C=N–C) groups is 2. The maximum atomic E-state index is 13.0. The molecular formula is C27H33FN6O2. The lowest BCUT2D eigenvalue weighted by Crippen LogP contribution is -2.42. The SMILES string of the molecule is CN=C(/C=C(\NC1N=CC=CN1)C(C)CN(C)C(=O)Cc1ccccc1ON)c1ccc(CF)cc1. The van der Waals surface area contributed by atoms with Crippen LogP contribution in [0.25, 0.3) is 0 Å². The van der Waals surface area contributed by atoms with Crippen LogP contribution in [-0.2, 0) is 17.9 Å². The van der Waals surface area contributed by atoms with Gasteiger partial charge in [-0.15, -0.1) is 0 Å². The van der Waals surface area contributed by atoms with Crippen molar-refractivity contribution in [1.29, 1.82) is 0 Å². The van der Waals surface area contributed by atoms with Crippen molar-refractivity contribution in [1.82, 2.24) is 15.5 Å². The van der Waals surface area contributed by atoms with Gasteiger partial charge in [-0.3, -0.25) is 9.79 Å². The Morgan fingerprint density at radius 3 is 2.69 bits per heavy atom. The molecule has 1 aliphatic rings. The van der Waals surface area contributed by atoms with Crippen molar-refractivity contribution in [3.05, 3.63) is 89.3 Å². The van der Waals surface area contributed by atoms with Crippen LogP contribution in [0.1, 0.15) is 23.6 Å². The monoisotopic (exact) mass is 492 g/mol. The molecule has 1 aliphatic heterocycles. The maximum absolute atomic E-state index is 13.0. The van der Waals surface area contributed by atoms with Gasteiger partial charge in [-0.05, 0) is 29.3 Å². The first-order chi connectivity index (χ1) is 17.4. The van der Waals surface area contributed by atoms with Crippen LogP contribution in [-0.4, -0.2) is 49.7 Å². The number of rotatable bonds is 11. The molecule has 2 aromatic carbocycles. The second kappa shape index (κ2) is 13.2. The van der Waals surface area contributed by atoms with Crippen LogP contribution >= 0.6 is 0 Å². The van der Waals surface area contributed by atoms with Crippen LogP contribution in [0.5, 0.6) is 5.75 Å². The molecule has 0 spiro atoms. The van der Waals surface area contributed by atoms with Crippen molar-refractivity contribution in [3.8, 4) is 5.75 Å². The highest BCUT2D eigenvalue weighted by atomic mass is 19.1. The Morgan fingerprint density at radius 2 is 2.06 bits per heavy atom. The van der Waals surface area contributed by atoms with E-state index in [1.54, 1.807) is 49.5 Å². The van der Waals surface area contributed by atoms with Crippen molar-refractivity contribution in [2.45, 2.75) is 26.3 Å². The lowest BCUT2D eigenvalue weighted by Gasteiger charge is -2.27. The molecule has 0 saturated heterocycles. The number of nitrogens with two attached hydrogens (primary N) is 1. The number of nitrogens with one attached hydrogen (secondary N) is 2. The molecule has 8 nitrogen and oxygen atoms in total. The summed E-state index contributed by atoms with van der Waals surface area (Å²) in [5.41, 5.74) is 3.78. The van der Waals surface area contributed by atoms with Crippen LogP contribution < -0.4 is 21.4 Å². The lowest BCUT2D eigenvalue weighted by molar-refractivity contribution is -0.129. The number of halogens is 1. The predicted molar refractivity (Wildman–Crippen MR) is 141 cm³/mol. The molecular weight excluding hydrogens is 459 g/mol. The number of hydrogen-bond donors (Lipinski definition) is 3. The highest BCUT2D eigenvalue weighted by Gasteiger charge is 2.20. The first-order valence-corrected chi connectivity index (χ1v) is 11.7. The predicted octanol–water partition coefficient (Wildman–Crippen LogP) is 3.11. The number of amides is 1. The van der Waals surface area contributed by atoms with Gasteiger partial charge >= 0.3 is 0 Å². The molecule has 0 bridgehead atoms. The van der Waals surface area contributed by atoms with E-state index in [1.807, 2.05) is 49.5 Å². The Morgan fingerprint density at radius 1 is 1.31 bits per heavy atom. The average molecular weight is 493 g/mol. The number of hydrogen-bond acceptors (Lipinski definition) is 7. The largest absolute Gasteiger partial charge is 0.411 e. The molecule has 2 atom stereocenters. The highest BCUT2D eigenvalue weighted by Crippen LogP contribution is 2.19. The standard InChI is InChI=1S/C27H33FN6O2/c1-19(18-34(3)26(35)15-22-7-4-5-8-25(22)36-29)23(33-27-31-13-6-14-32-27)16-24(30-2)21-11-9-20(17-28)10-12-21/h4-14,16,19,27,31,33H,15,17-18,29H2,1-3H3/b23-16-,30-24?. The Balaban J connectivity index is 1.79. The van der Waals surface area contributed by atoms with Gasteiger partial charge in [-0.1, -0.05) is 49.4 Å². The van der Waals surface area contributed by atoms with E-state index in [0.29, 0.717) is 17.9 Å². The van der Waals surface area contributed by atoms with E-state index in [1.165, 1.54) is 0 Å². The quantitative estimate of drug-likeness (QED) is 0.330. The fraction of sp³-hybridized carbons (Fsp3) is 0.296. The van der Waals surface area contributed by atoms with Gasteiger partial charge in [0.25, 0.3) is 0 Å². The summed E-state index contributed by atoms with van der Waals surface area (Å²) in [6.45, 7) is 1.97. The van der Waals surface area contributed by atoms with Gasteiger partial charge in [0.1, 0.15) is 6.67 Å². The fourth-order valence-corrected chi connectivity index (χ4v) is 3.79. The molecule has 2 aromatic rings. The average Bonchev–Trinajstić information content (AvgIpc) is 2.91. The Kier molecular flexibility index (Phi) is 9.76. The van der Waals surface area contributed by atoms with E-state index in [2.05, 4.69) is 20.6 Å². The summed E-state index contributed by atoms with van der Waals surface area (Å²) in [5, 5.41) is 6.56. The summed E-state index contributed by atoms with van der Waals surface area (Å²) in [7, 11) is 3.48. The van der Waals surface area contributed by atoms with E-state index < -0.39 is 6.67 Å². The number of carbonyl (C=O) groups excluding carboxylic acids is 1. The minimum absolute atomic E-state index is 0.0614. The Bertz CT molecular complexity index is 1140. The lowest BCUT2D eigenvalue weighted by atomic mass is 10.0. The summed E-state index contributed by atoms with van der Waals surface area (Å²) in [5.74, 6) is 5.68. The summed E-state index contributed by atoms with van der Waals surface area (Å²) >= 11 is 0. The summed E-state index contributed by atoms with van der Waals surface area (Å²) < 4.78 is 13.0. The molecule has 1 heterocycles. The molecule has 0 aliphatic carbocycles. The molecule has 2 unspecified atom stereocenters. The Hall–Kier alpha value is -3.98. The summed E-state index contributed by atoms with van der Waals surface area (Å²) in [6, 6.07) is 14.4. The molecule has 36 heavy (non-hydrogen) atoms. The first-order valence-electron chi connectivity index (χ1n) is 11.7. The normalized spacial score (nSPS) is 16.3. The number of likely N-dealkylation sites (N-methyl/N-ethyl adjacent to an activating group) is 1. The molecule has 0 saturated carbocycles. The Labute approximate surface area is 211 Å². The van der Waals surface area contributed by atoms with E-state index in [0.717, 1.165) is 22.5 Å². The van der Waals surface area contributed by atoms with Gasteiger partial charge < -0.3 is 20.4 Å². The molecule has 0 fully saturated rings. The van der Waals surface area contributed by atoms with Crippen LogP contribution in [0.15, 0.2) is 82.6 Å². The number of carbonyl (C=O) groups is 1. The van der Waals surface area contributed by atoms with Gasteiger partial charge in [0.2, 0.25) is 5.91 Å². The van der Waals surface area contributed by atoms with Crippen molar-refractivity contribution in [2.24, 2.45) is 21.8 Å². The van der Waals surface area contributed by atoms with Crippen LogP contribution in [0.4, 0.5) is 4.39 Å². The third-order valence-corrected chi connectivity index (χ3v) is 5.86. The number of para-hydroxylation sites is 1. The molecule has 0 radical (unpaired) electrons. The topological polar surface area (TPSA) is 104 Å². The highest BCUT2D eigenvalue weighted by molar-refractivity contribution is 6.09. The third-order valence-electron chi connectivity index (χ3n) is 5.86. The minimum Gasteiger partial charge on any atom is -0.411 e. The van der Waals surface area contributed by atoms with E-state index in [4.69, 9.17) is 10.7 Å². The van der Waals surface area contributed by atoms with E-state index in [-0.39, 0.29) is 24.5 Å². The van der Waals surface area contributed by atoms with Crippen LogP contribution in [0.3, 0.4) is 0 Å². The van der Waals surface area contributed by atoms with E-state index in [9.17, 15) is 9.18 Å². The molecule has 3 rings (SSSR count). The smallest absolute Gasteiger partial charge is 0.226 e. The van der Waals surface area contributed by atoms with Crippen molar-refractivity contribution in [2.75, 3.05) is 20.6 Å². The summed E-state index contributed by atoms with van der Waals surface area (Å²) in [4.78, 5) is 28.4. The second-order valence-electron chi connectivity index (χ2n) is 8.49. The van der Waals surface area contributed by atoms with Gasteiger partial charge in [0, 0.05) is 50.2 Å². The number of nitrogens with zero attached hydrogens (tertiary/aromatic N) is 3. The zero-order valence-electron chi connectivity index (χ0n) is 20.8. The first kappa shape index (κ1) is 26.6. The van der Waals surface area contributed by atoms with Gasteiger partial charge in [-0.2, -0.15) is 5.90 Å². The number of benzene rings is 2. The van der Waals surface area contributed by atoms with Crippen molar-refractivity contribution in [3.63, 3.8) is 0 Å². The zero-order valence-corrected chi connectivity index (χ0v) is 20.8. The van der Waals surface area contributed by atoms with Crippen molar-refractivity contribution < 1.29 is 14.0 Å². The van der Waals surface area contributed by atoms with Gasteiger partial charge in [0.15, 0.2) is 12.0 Å². The fourth-order valence-electron chi connectivity index (χ4n) is 3.79. The molecule has 4 N–H and O–H groups in total.